The van der Waals surface area contributed by atoms with E-state index in [4.69, 9.17) is 23.2 Å². The number of alkyl halides is 2. The predicted octanol–water partition coefficient (Wildman–Crippen LogP) is 2.18. The first-order valence-electron chi connectivity index (χ1n) is 3.18. The Morgan fingerprint density at radius 1 is 1.44 bits per heavy atom. The van der Waals surface area contributed by atoms with E-state index in [2.05, 4.69) is 19.2 Å². The smallest absolute Gasteiger partial charge is 0.120 e. The molecule has 9 heavy (non-hydrogen) atoms. The summed E-state index contributed by atoms with van der Waals surface area (Å²) in [5.74, 6) is 0. The molecule has 0 aromatic heterocycles. The van der Waals surface area contributed by atoms with Gasteiger partial charge < -0.3 is 5.32 Å². The van der Waals surface area contributed by atoms with Crippen LogP contribution in [0, 0.1) is 0 Å². The summed E-state index contributed by atoms with van der Waals surface area (Å²) in [4.78, 5) is -0.279. The van der Waals surface area contributed by atoms with Crippen molar-refractivity contribution in [1.29, 1.82) is 0 Å². The highest BCUT2D eigenvalue weighted by molar-refractivity contribution is 6.44. The van der Waals surface area contributed by atoms with Crippen molar-refractivity contribution in [3.8, 4) is 0 Å². The number of halogens is 2. The van der Waals surface area contributed by atoms with Crippen LogP contribution in [0.4, 0.5) is 0 Å². The number of nitrogens with one attached hydrogen (secondary N) is 1. The molecule has 0 aliphatic carbocycles. The normalized spacial score (nSPS) is 14.3. The van der Waals surface area contributed by atoms with Gasteiger partial charge in [-0.1, -0.05) is 6.92 Å². The fourth-order valence-electron chi connectivity index (χ4n) is 0.435. The lowest BCUT2D eigenvalue weighted by Gasteiger charge is -2.10. The lowest BCUT2D eigenvalue weighted by Crippen LogP contribution is -2.29. The molecule has 0 saturated carbocycles. The molecular weight excluding hydrogens is 157 g/mol. The summed E-state index contributed by atoms with van der Waals surface area (Å²) < 4.78 is 0. The second-order valence-electron chi connectivity index (χ2n) is 2.11. The van der Waals surface area contributed by atoms with Gasteiger partial charge in [0, 0.05) is 12.6 Å². The Bertz CT molecular complexity index is 66.1. The Morgan fingerprint density at radius 2 is 2.00 bits per heavy atom. The topological polar surface area (TPSA) is 12.0 Å². The van der Waals surface area contributed by atoms with E-state index >= 15 is 0 Å². The van der Waals surface area contributed by atoms with Gasteiger partial charge in [0.2, 0.25) is 0 Å². The highest BCUT2D eigenvalue weighted by Crippen LogP contribution is 1.99. The van der Waals surface area contributed by atoms with Crippen LogP contribution < -0.4 is 5.32 Å². The largest absolute Gasteiger partial charge is 0.312 e. The molecule has 1 atom stereocenters. The second-order valence-corrected chi connectivity index (χ2v) is 3.39. The molecule has 56 valence electrons. The van der Waals surface area contributed by atoms with Crippen molar-refractivity contribution >= 4 is 23.2 Å². The van der Waals surface area contributed by atoms with E-state index in [0.29, 0.717) is 12.6 Å². The maximum absolute atomic E-state index is 5.48. The molecule has 0 amide bonds. The van der Waals surface area contributed by atoms with E-state index in [1.165, 1.54) is 0 Å². The van der Waals surface area contributed by atoms with Crippen molar-refractivity contribution in [3.05, 3.63) is 0 Å². The number of hydrogen-bond acceptors (Lipinski definition) is 1. The molecule has 0 radical (unpaired) electrons. The first-order valence-corrected chi connectivity index (χ1v) is 4.05. The van der Waals surface area contributed by atoms with E-state index in [9.17, 15) is 0 Å². The zero-order chi connectivity index (χ0) is 7.28. The van der Waals surface area contributed by atoms with Crippen LogP contribution in [-0.4, -0.2) is 17.4 Å². The van der Waals surface area contributed by atoms with Crippen molar-refractivity contribution in [2.24, 2.45) is 0 Å². The summed E-state index contributed by atoms with van der Waals surface area (Å²) >= 11 is 11.0. The monoisotopic (exact) mass is 169 g/mol. The Labute approximate surface area is 66.7 Å². The molecular formula is C6H13Cl2N. The third-order valence-corrected chi connectivity index (χ3v) is 1.54. The molecule has 0 aliphatic heterocycles. The lowest BCUT2D eigenvalue weighted by molar-refractivity contribution is 0.548. The van der Waals surface area contributed by atoms with E-state index in [1.807, 2.05) is 0 Å². The van der Waals surface area contributed by atoms with Gasteiger partial charge in [-0.15, -0.1) is 23.2 Å². The van der Waals surface area contributed by atoms with Crippen LogP contribution in [-0.2, 0) is 0 Å². The summed E-state index contributed by atoms with van der Waals surface area (Å²) in [5, 5.41) is 3.17. The molecule has 0 bridgehead atoms. The van der Waals surface area contributed by atoms with Crippen LogP contribution in [0.1, 0.15) is 20.3 Å². The Morgan fingerprint density at radius 3 is 2.33 bits per heavy atom. The summed E-state index contributed by atoms with van der Waals surface area (Å²) in [6.07, 6.45) is 1.11. The van der Waals surface area contributed by atoms with Crippen LogP contribution in [0.15, 0.2) is 0 Å². The van der Waals surface area contributed by atoms with E-state index in [0.717, 1.165) is 6.42 Å². The molecule has 1 nitrogen and oxygen atoms in total. The maximum Gasteiger partial charge on any atom is 0.120 e. The van der Waals surface area contributed by atoms with E-state index < -0.39 is 0 Å². The SMILES string of the molecule is CCC(C)NCC(Cl)Cl. The molecule has 0 rings (SSSR count). The Balaban J connectivity index is 3.06. The number of rotatable bonds is 4. The van der Waals surface area contributed by atoms with Gasteiger partial charge in [-0.25, -0.2) is 0 Å². The van der Waals surface area contributed by atoms with Crippen molar-refractivity contribution in [3.63, 3.8) is 0 Å². The zero-order valence-electron chi connectivity index (χ0n) is 5.82. The molecule has 0 aromatic carbocycles. The van der Waals surface area contributed by atoms with Gasteiger partial charge in [0.15, 0.2) is 0 Å². The molecule has 3 heteroatoms. The predicted molar refractivity (Wildman–Crippen MR) is 43.2 cm³/mol. The summed E-state index contributed by atoms with van der Waals surface area (Å²) in [7, 11) is 0. The summed E-state index contributed by atoms with van der Waals surface area (Å²) in [5.41, 5.74) is 0. The highest BCUT2D eigenvalue weighted by atomic mass is 35.5. The van der Waals surface area contributed by atoms with Gasteiger partial charge >= 0.3 is 0 Å². The van der Waals surface area contributed by atoms with Crippen LogP contribution in [0.25, 0.3) is 0 Å². The number of hydrogen-bond donors (Lipinski definition) is 1. The third-order valence-electron chi connectivity index (χ3n) is 1.23. The minimum absolute atomic E-state index is 0.279. The molecule has 0 aromatic rings. The first-order chi connectivity index (χ1) is 4.16. The lowest BCUT2D eigenvalue weighted by atomic mass is 10.3. The van der Waals surface area contributed by atoms with Gasteiger partial charge in [0.1, 0.15) is 4.84 Å². The minimum Gasteiger partial charge on any atom is -0.312 e. The van der Waals surface area contributed by atoms with Gasteiger partial charge in [0.25, 0.3) is 0 Å². The van der Waals surface area contributed by atoms with Crippen molar-refractivity contribution < 1.29 is 0 Å². The van der Waals surface area contributed by atoms with E-state index in [-0.39, 0.29) is 4.84 Å². The Hall–Kier alpha value is 0.540. The van der Waals surface area contributed by atoms with Gasteiger partial charge in [0.05, 0.1) is 0 Å². The zero-order valence-corrected chi connectivity index (χ0v) is 7.34. The second kappa shape index (κ2) is 5.33. The molecule has 1 N–H and O–H groups in total. The van der Waals surface area contributed by atoms with Crippen LogP contribution >= 0.6 is 23.2 Å². The van der Waals surface area contributed by atoms with Crippen molar-refractivity contribution in [1.82, 2.24) is 5.32 Å². The average molecular weight is 170 g/mol. The molecule has 1 unspecified atom stereocenters. The highest BCUT2D eigenvalue weighted by Gasteiger charge is 2.00. The molecule has 0 aliphatic rings. The summed E-state index contributed by atoms with van der Waals surface area (Å²) in [6, 6.07) is 0.519. The van der Waals surface area contributed by atoms with E-state index in [1.54, 1.807) is 0 Å². The maximum atomic E-state index is 5.48. The van der Waals surface area contributed by atoms with Crippen LogP contribution in [0.5, 0.6) is 0 Å². The van der Waals surface area contributed by atoms with Crippen LogP contribution in [0.2, 0.25) is 0 Å². The van der Waals surface area contributed by atoms with Gasteiger partial charge in [-0.3, -0.25) is 0 Å². The van der Waals surface area contributed by atoms with Gasteiger partial charge in [-0.05, 0) is 13.3 Å². The molecule has 0 saturated heterocycles. The standard InChI is InChI=1S/C6H13Cl2N/c1-3-5(2)9-4-6(7)8/h5-6,9H,3-4H2,1-2H3. The fourth-order valence-corrected chi connectivity index (χ4v) is 0.613. The van der Waals surface area contributed by atoms with Gasteiger partial charge in [-0.2, -0.15) is 0 Å². The first kappa shape index (κ1) is 9.54. The third kappa shape index (κ3) is 6.42. The molecule has 0 heterocycles. The Kier molecular flexibility index (Phi) is 5.65. The minimum atomic E-state index is -0.279. The molecule has 0 fully saturated rings. The summed E-state index contributed by atoms with van der Waals surface area (Å²) in [6.45, 7) is 4.91. The fraction of sp³-hybridized carbons (Fsp3) is 1.00. The quantitative estimate of drug-likeness (QED) is 0.637. The van der Waals surface area contributed by atoms with Crippen LogP contribution in [0.3, 0.4) is 0 Å². The molecule has 0 spiro atoms. The average Bonchev–Trinajstić information content (AvgIpc) is 1.83. The van der Waals surface area contributed by atoms with Crippen molar-refractivity contribution in [2.75, 3.05) is 6.54 Å². The van der Waals surface area contributed by atoms with Crippen molar-refractivity contribution in [2.45, 2.75) is 31.1 Å².